The van der Waals surface area contributed by atoms with E-state index >= 15 is 0 Å². The fraction of sp³-hybridized carbons (Fsp3) is 0.778. The SMILES string of the molecule is C/C=C(\C)C(C)=O.CC(=O)C1CCC2C3CC=C4C[C@@H](O)CC[C@]4(C)C3C[C@@H](O)[C@]12C. The molecule has 0 aromatic rings. The van der Waals surface area contributed by atoms with E-state index in [-0.39, 0.29) is 40.5 Å². The molecular weight excluding hydrogens is 388 g/mol. The molecule has 4 rings (SSSR count). The number of ketones is 2. The van der Waals surface area contributed by atoms with Crippen LogP contribution >= 0.6 is 0 Å². The van der Waals surface area contributed by atoms with Gasteiger partial charge in [0.2, 0.25) is 0 Å². The van der Waals surface area contributed by atoms with Crippen LogP contribution in [0.3, 0.4) is 0 Å². The van der Waals surface area contributed by atoms with E-state index < -0.39 is 0 Å². The normalized spacial score (nSPS) is 44.1. The Morgan fingerprint density at radius 3 is 2.29 bits per heavy atom. The van der Waals surface area contributed by atoms with Gasteiger partial charge in [-0.3, -0.25) is 9.59 Å². The smallest absolute Gasteiger partial charge is 0.155 e. The first-order chi connectivity index (χ1) is 14.5. The molecule has 0 bridgehead atoms. The molecule has 0 amide bonds. The summed E-state index contributed by atoms with van der Waals surface area (Å²) in [5, 5.41) is 21.2. The largest absolute Gasteiger partial charge is 0.393 e. The monoisotopic (exact) mass is 430 g/mol. The molecule has 4 nitrogen and oxygen atoms in total. The molecule has 4 unspecified atom stereocenters. The van der Waals surface area contributed by atoms with E-state index in [1.165, 1.54) is 5.57 Å². The van der Waals surface area contributed by atoms with Crippen molar-refractivity contribution in [3.8, 4) is 0 Å². The molecule has 0 heterocycles. The van der Waals surface area contributed by atoms with Crippen LogP contribution in [0.1, 0.15) is 86.5 Å². The van der Waals surface area contributed by atoms with Gasteiger partial charge in [0.1, 0.15) is 5.78 Å². The lowest BCUT2D eigenvalue weighted by Gasteiger charge is -2.59. The molecule has 174 valence electrons. The Kier molecular flexibility index (Phi) is 7.03. The van der Waals surface area contributed by atoms with E-state index in [0.717, 1.165) is 50.5 Å². The van der Waals surface area contributed by atoms with Crippen LogP contribution in [0, 0.1) is 34.5 Å². The second-order valence-corrected chi connectivity index (χ2v) is 11.0. The summed E-state index contributed by atoms with van der Waals surface area (Å²) in [5.74, 6) is 2.00. The number of Topliss-reactive ketones (excluding diaryl/α,β-unsaturated/α-hetero) is 2. The van der Waals surface area contributed by atoms with Gasteiger partial charge in [-0.25, -0.2) is 0 Å². The molecule has 3 saturated carbocycles. The number of aliphatic hydroxyl groups excluding tert-OH is 2. The lowest BCUT2D eigenvalue weighted by Crippen LogP contribution is -2.56. The second kappa shape index (κ2) is 8.94. The maximum absolute atomic E-state index is 12.2. The van der Waals surface area contributed by atoms with Crippen molar-refractivity contribution >= 4 is 11.6 Å². The van der Waals surface area contributed by atoms with Gasteiger partial charge in [-0.1, -0.05) is 31.6 Å². The first-order valence-electron chi connectivity index (χ1n) is 12.2. The van der Waals surface area contributed by atoms with Crippen molar-refractivity contribution in [2.45, 2.75) is 98.7 Å². The van der Waals surface area contributed by atoms with Gasteiger partial charge in [0.25, 0.3) is 0 Å². The summed E-state index contributed by atoms with van der Waals surface area (Å²) in [5.41, 5.74) is 2.17. The zero-order valence-corrected chi connectivity index (χ0v) is 20.3. The molecule has 8 atom stereocenters. The average molecular weight is 431 g/mol. The fourth-order valence-corrected chi connectivity index (χ4v) is 7.47. The van der Waals surface area contributed by atoms with Crippen molar-refractivity contribution in [1.82, 2.24) is 0 Å². The first-order valence-corrected chi connectivity index (χ1v) is 12.2. The van der Waals surface area contributed by atoms with Gasteiger partial charge in [0, 0.05) is 11.3 Å². The van der Waals surface area contributed by atoms with Gasteiger partial charge in [0.15, 0.2) is 5.78 Å². The third-order valence-corrected chi connectivity index (χ3v) is 9.66. The van der Waals surface area contributed by atoms with Crippen LogP contribution in [0.15, 0.2) is 23.3 Å². The Morgan fingerprint density at radius 1 is 1.06 bits per heavy atom. The van der Waals surface area contributed by atoms with E-state index in [9.17, 15) is 19.8 Å². The minimum atomic E-state index is -0.372. The van der Waals surface area contributed by atoms with E-state index in [1.54, 1.807) is 13.8 Å². The number of hydrogen-bond acceptors (Lipinski definition) is 4. The standard InChI is InChI=1S/C21H32O3.C6H10O/c1-12(22)16-6-7-17-15-5-4-13-10-14(23)8-9-20(13,2)18(15)11-19(24)21(16,17)3;1-4-5(2)6(3)7/h4,14-19,23-24H,5-11H2,1-3H3;4H,1-3H3/b;5-4+/t14-,15?,16?,17?,18?,19+,20-,21+;/m0./s1. The maximum Gasteiger partial charge on any atom is 0.155 e. The molecule has 0 aliphatic heterocycles. The number of allylic oxidation sites excluding steroid dienone is 3. The van der Waals surface area contributed by atoms with E-state index in [0.29, 0.717) is 17.8 Å². The number of carbonyl (C=O) groups is 2. The van der Waals surface area contributed by atoms with Gasteiger partial charge in [0.05, 0.1) is 12.2 Å². The Labute approximate surface area is 188 Å². The summed E-state index contributed by atoms with van der Waals surface area (Å²) >= 11 is 0. The topological polar surface area (TPSA) is 74.6 Å². The summed E-state index contributed by atoms with van der Waals surface area (Å²) in [6.45, 7) is 11.5. The lowest BCUT2D eigenvalue weighted by molar-refractivity contribution is -0.146. The third kappa shape index (κ3) is 4.11. The Bertz CT molecular complexity index is 780. The molecule has 2 N–H and O–H groups in total. The number of hydrogen-bond donors (Lipinski definition) is 2. The third-order valence-electron chi connectivity index (χ3n) is 9.66. The molecule has 0 spiro atoms. The van der Waals surface area contributed by atoms with Gasteiger partial charge in [-0.2, -0.15) is 0 Å². The van der Waals surface area contributed by atoms with Crippen molar-refractivity contribution in [1.29, 1.82) is 0 Å². The predicted octanol–water partition coefficient (Wildman–Crippen LogP) is 5.03. The van der Waals surface area contributed by atoms with E-state index in [2.05, 4.69) is 19.9 Å². The minimum Gasteiger partial charge on any atom is -0.393 e. The number of fused-ring (bicyclic) bond motifs is 5. The van der Waals surface area contributed by atoms with Gasteiger partial charge in [-0.15, -0.1) is 0 Å². The van der Waals surface area contributed by atoms with Crippen LogP contribution in [0.25, 0.3) is 0 Å². The molecular formula is C27H42O4. The van der Waals surface area contributed by atoms with Crippen LogP contribution in [-0.2, 0) is 9.59 Å². The summed E-state index contributed by atoms with van der Waals surface area (Å²) < 4.78 is 0. The first kappa shape index (κ1) is 24.4. The molecule has 4 aliphatic carbocycles. The van der Waals surface area contributed by atoms with Crippen molar-refractivity contribution in [2.75, 3.05) is 0 Å². The quantitative estimate of drug-likeness (QED) is 0.476. The van der Waals surface area contributed by atoms with E-state index in [4.69, 9.17) is 0 Å². The molecule has 0 saturated heterocycles. The Morgan fingerprint density at radius 2 is 1.74 bits per heavy atom. The van der Waals surface area contributed by atoms with Crippen LogP contribution in [0.4, 0.5) is 0 Å². The average Bonchev–Trinajstić information content (AvgIpc) is 3.08. The molecule has 4 aliphatic rings. The highest BCUT2D eigenvalue weighted by atomic mass is 16.3. The van der Waals surface area contributed by atoms with Crippen LogP contribution in [-0.4, -0.2) is 34.0 Å². The molecule has 0 aromatic heterocycles. The molecule has 31 heavy (non-hydrogen) atoms. The Balaban J connectivity index is 0.000000339. The summed E-state index contributed by atoms with van der Waals surface area (Å²) in [4.78, 5) is 22.5. The highest BCUT2D eigenvalue weighted by molar-refractivity contribution is 5.92. The summed E-state index contributed by atoms with van der Waals surface area (Å²) in [6.07, 6.45) is 10.3. The van der Waals surface area contributed by atoms with Crippen LogP contribution in [0.2, 0.25) is 0 Å². The zero-order valence-electron chi connectivity index (χ0n) is 20.3. The van der Waals surface area contributed by atoms with Crippen molar-refractivity contribution in [3.05, 3.63) is 23.3 Å². The molecule has 0 aromatic carbocycles. The maximum atomic E-state index is 12.2. The summed E-state index contributed by atoms with van der Waals surface area (Å²) in [7, 11) is 0. The Hall–Kier alpha value is -1.26. The van der Waals surface area contributed by atoms with Crippen molar-refractivity contribution in [3.63, 3.8) is 0 Å². The van der Waals surface area contributed by atoms with Crippen LogP contribution < -0.4 is 0 Å². The van der Waals surface area contributed by atoms with Crippen molar-refractivity contribution < 1.29 is 19.8 Å². The molecule has 3 fully saturated rings. The van der Waals surface area contributed by atoms with Crippen LogP contribution in [0.5, 0.6) is 0 Å². The predicted molar refractivity (Wildman–Crippen MR) is 123 cm³/mol. The highest BCUT2D eigenvalue weighted by Crippen LogP contribution is 2.66. The highest BCUT2D eigenvalue weighted by Gasteiger charge is 2.62. The molecule has 0 radical (unpaired) electrons. The molecule has 4 heteroatoms. The minimum absolute atomic E-state index is 0.0322. The lowest BCUT2D eigenvalue weighted by atomic mass is 9.46. The van der Waals surface area contributed by atoms with Gasteiger partial charge in [-0.05, 0) is 101 Å². The zero-order chi connectivity index (χ0) is 23.1. The number of carbonyl (C=O) groups excluding carboxylic acids is 2. The van der Waals surface area contributed by atoms with Crippen molar-refractivity contribution in [2.24, 2.45) is 34.5 Å². The van der Waals surface area contributed by atoms with Gasteiger partial charge < -0.3 is 10.2 Å². The van der Waals surface area contributed by atoms with Gasteiger partial charge >= 0.3 is 0 Å². The van der Waals surface area contributed by atoms with E-state index in [1.807, 2.05) is 19.9 Å². The summed E-state index contributed by atoms with van der Waals surface area (Å²) in [6, 6.07) is 0. The fourth-order valence-electron chi connectivity index (χ4n) is 7.47. The second-order valence-electron chi connectivity index (χ2n) is 11.0. The number of aliphatic hydroxyl groups is 2. The number of rotatable bonds is 2.